The van der Waals surface area contributed by atoms with Gasteiger partial charge < -0.3 is 5.11 Å². The lowest BCUT2D eigenvalue weighted by atomic mass is 10.0. The number of aromatic nitrogens is 1. The third-order valence-corrected chi connectivity index (χ3v) is 6.16. The molecular weight excluding hydrogens is 362 g/mol. The minimum atomic E-state index is -0.910. The van der Waals surface area contributed by atoms with Crippen LogP contribution in [0.25, 0.3) is 21.0 Å². The highest BCUT2D eigenvalue weighted by atomic mass is 32.1. The zero-order valence-corrected chi connectivity index (χ0v) is 17.1. The van der Waals surface area contributed by atoms with Crippen molar-refractivity contribution in [2.24, 2.45) is 5.92 Å². The molecule has 0 spiro atoms. The number of nitrogens with zero attached hydrogens (tertiary/aromatic N) is 1. The molecule has 26 heavy (non-hydrogen) atoms. The average molecular weight is 386 g/mol. The molecule has 136 valence electrons. The maximum absolute atomic E-state index is 11.6. The quantitative estimate of drug-likeness (QED) is 0.523. The molecule has 2 heterocycles. The van der Waals surface area contributed by atoms with Crippen LogP contribution in [-0.4, -0.2) is 16.1 Å². The smallest absolute Gasteiger partial charge is 0.335 e. The highest BCUT2D eigenvalue weighted by Crippen LogP contribution is 2.36. The Morgan fingerprint density at radius 1 is 1.15 bits per heavy atom. The van der Waals surface area contributed by atoms with E-state index in [0.717, 1.165) is 33.1 Å². The molecule has 1 N–H and O–H groups in total. The Morgan fingerprint density at radius 2 is 1.88 bits per heavy atom. The predicted molar refractivity (Wildman–Crippen MR) is 110 cm³/mol. The van der Waals surface area contributed by atoms with Crippen LogP contribution in [0.1, 0.15) is 54.5 Å². The minimum Gasteiger partial charge on any atom is -0.478 e. The third kappa shape index (κ3) is 4.05. The summed E-state index contributed by atoms with van der Waals surface area (Å²) in [7, 11) is 0. The fourth-order valence-electron chi connectivity index (χ4n) is 2.91. The van der Waals surface area contributed by atoms with Crippen molar-refractivity contribution in [3.05, 3.63) is 51.8 Å². The molecule has 0 radical (unpaired) electrons. The first-order chi connectivity index (χ1) is 12.3. The Balaban J connectivity index is 2.12. The van der Waals surface area contributed by atoms with Crippen LogP contribution in [0, 0.1) is 5.92 Å². The number of aromatic carboxylic acids is 1. The molecule has 3 rings (SSSR count). The van der Waals surface area contributed by atoms with Gasteiger partial charge in [-0.3, -0.25) is 0 Å². The first-order valence-corrected chi connectivity index (χ1v) is 10.5. The van der Waals surface area contributed by atoms with Crippen molar-refractivity contribution >= 4 is 28.6 Å². The maximum atomic E-state index is 11.6. The lowest BCUT2D eigenvalue weighted by Gasteiger charge is -2.06. The summed E-state index contributed by atoms with van der Waals surface area (Å²) in [6, 6.07) is 9.53. The van der Waals surface area contributed by atoms with Gasteiger partial charge in [0.15, 0.2) is 0 Å². The second-order valence-corrected chi connectivity index (χ2v) is 9.19. The van der Waals surface area contributed by atoms with Gasteiger partial charge in [0.1, 0.15) is 5.01 Å². The Morgan fingerprint density at radius 3 is 2.46 bits per heavy atom. The predicted octanol–water partition coefficient (Wildman–Crippen LogP) is 6.56. The van der Waals surface area contributed by atoms with Crippen LogP contribution in [0.5, 0.6) is 0 Å². The van der Waals surface area contributed by atoms with Crippen LogP contribution in [-0.2, 0) is 6.42 Å². The molecule has 0 bridgehead atoms. The van der Waals surface area contributed by atoms with Gasteiger partial charge in [-0.1, -0.05) is 33.8 Å². The van der Waals surface area contributed by atoms with Gasteiger partial charge in [0, 0.05) is 15.3 Å². The molecule has 2 aromatic heterocycles. The topological polar surface area (TPSA) is 50.2 Å². The van der Waals surface area contributed by atoms with Crippen LogP contribution in [0.4, 0.5) is 0 Å². The number of hydrogen-bond donors (Lipinski definition) is 1. The van der Waals surface area contributed by atoms with E-state index >= 15 is 0 Å². The van der Waals surface area contributed by atoms with Gasteiger partial charge in [-0.2, -0.15) is 0 Å². The Hall–Kier alpha value is -1.98. The molecule has 0 aliphatic heterocycles. The number of thiazole rings is 1. The largest absolute Gasteiger partial charge is 0.478 e. The molecule has 0 amide bonds. The van der Waals surface area contributed by atoms with E-state index in [4.69, 9.17) is 4.98 Å². The average Bonchev–Trinajstić information content (AvgIpc) is 3.23. The van der Waals surface area contributed by atoms with Crippen LogP contribution < -0.4 is 0 Å². The van der Waals surface area contributed by atoms with Gasteiger partial charge in [0.2, 0.25) is 0 Å². The van der Waals surface area contributed by atoms with E-state index in [2.05, 4.69) is 33.8 Å². The van der Waals surface area contributed by atoms with Crippen LogP contribution >= 0.6 is 22.7 Å². The van der Waals surface area contributed by atoms with Gasteiger partial charge in [0.25, 0.3) is 0 Å². The van der Waals surface area contributed by atoms with Gasteiger partial charge >= 0.3 is 5.97 Å². The van der Waals surface area contributed by atoms with E-state index in [0.29, 0.717) is 17.4 Å². The van der Waals surface area contributed by atoms with Crippen LogP contribution in [0.2, 0.25) is 0 Å². The number of rotatable bonds is 6. The number of hydrogen-bond acceptors (Lipinski definition) is 4. The molecule has 1 aromatic carbocycles. The lowest BCUT2D eigenvalue weighted by molar-refractivity contribution is 0.0697. The summed E-state index contributed by atoms with van der Waals surface area (Å²) in [5.74, 6) is 0.00806. The van der Waals surface area contributed by atoms with E-state index in [1.807, 2.05) is 17.5 Å². The summed E-state index contributed by atoms with van der Waals surface area (Å²) in [4.78, 5) is 18.9. The van der Waals surface area contributed by atoms with E-state index in [1.54, 1.807) is 34.8 Å². The fourth-order valence-corrected chi connectivity index (χ4v) is 5.05. The zero-order valence-electron chi connectivity index (χ0n) is 15.4. The van der Waals surface area contributed by atoms with Gasteiger partial charge in [-0.25, -0.2) is 9.78 Å². The molecule has 0 saturated heterocycles. The van der Waals surface area contributed by atoms with Crippen molar-refractivity contribution in [1.82, 2.24) is 4.98 Å². The van der Waals surface area contributed by atoms with Gasteiger partial charge in [0.05, 0.1) is 11.3 Å². The van der Waals surface area contributed by atoms with Crippen molar-refractivity contribution in [3.63, 3.8) is 0 Å². The van der Waals surface area contributed by atoms with E-state index in [1.165, 1.54) is 4.88 Å². The SMILES string of the molecule is CC(C)Cc1sc(-c2cc(C(=O)O)cc(-c3cccs3)c2)nc1C(C)C. The standard InChI is InChI=1S/C21H23NO2S2/c1-12(2)8-18-19(13(3)4)22-20(26-18)15-9-14(17-6-5-7-25-17)10-16(11-15)21(23)24/h5-7,9-13H,8H2,1-4H3,(H,23,24). The molecule has 3 aromatic rings. The summed E-state index contributed by atoms with van der Waals surface area (Å²) >= 11 is 3.31. The van der Waals surface area contributed by atoms with Crippen molar-refractivity contribution < 1.29 is 9.90 Å². The molecule has 3 nitrogen and oxygen atoms in total. The van der Waals surface area contributed by atoms with E-state index < -0.39 is 5.97 Å². The molecule has 0 aliphatic carbocycles. The molecular formula is C21H23NO2S2. The number of carbonyl (C=O) groups is 1. The third-order valence-electron chi connectivity index (χ3n) is 4.10. The fraction of sp³-hybridized carbons (Fsp3) is 0.333. The summed E-state index contributed by atoms with van der Waals surface area (Å²) in [6.45, 7) is 8.74. The molecule has 0 aliphatic rings. The highest BCUT2D eigenvalue weighted by Gasteiger charge is 2.18. The molecule has 0 fully saturated rings. The normalized spacial score (nSPS) is 11.5. The number of thiophene rings is 1. The van der Waals surface area contributed by atoms with Crippen molar-refractivity contribution in [3.8, 4) is 21.0 Å². The Labute approximate surface area is 162 Å². The van der Waals surface area contributed by atoms with Crippen molar-refractivity contribution in [1.29, 1.82) is 0 Å². The Kier molecular flexibility index (Phi) is 5.58. The first-order valence-electron chi connectivity index (χ1n) is 8.77. The Bertz CT molecular complexity index is 908. The van der Waals surface area contributed by atoms with E-state index in [-0.39, 0.29) is 0 Å². The summed E-state index contributed by atoms with van der Waals surface area (Å²) in [6.07, 6.45) is 1.00. The van der Waals surface area contributed by atoms with Crippen molar-refractivity contribution in [2.75, 3.05) is 0 Å². The minimum absolute atomic E-state index is 0.303. The maximum Gasteiger partial charge on any atom is 0.335 e. The van der Waals surface area contributed by atoms with Crippen LogP contribution in [0.3, 0.4) is 0 Å². The summed E-state index contributed by atoms with van der Waals surface area (Å²) in [5.41, 5.74) is 3.26. The molecule has 0 atom stereocenters. The number of carboxylic acids is 1. The molecule has 5 heteroatoms. The van der Waals surface area contributed by atoms with Crippen LogP contribution in [0.15, 0.2) is 35.7 Å². The van der Waals surface area contributed by atoms with Gasteiger partial charge in [-0.15, -0.1) is 22.7 Å². The number of carboxylic acid groups (broad SMARTS) is 1. The second-order valence-electron chi connectivity index (χ2n) is 7.16. The van der Waals surface area contributed by atoms with Gasteiger partial charge in [-0.05, 0) is 53.5 Å². The zero-order chi connectivity index (χ0) is 18.8. The first kappa shape index (κ1) is 18.8. The summed E-state index contributed by atoms with van der Waals surface area (Å²) in [5, 5.41) is 12.4. The lowest BCUT2D eigenvalue weighted by Crippen LogP contribution is -1.98. The highest BCUT2D eigenvalue weighted by molar-refractivity contribution is 7.15. The second kappa shape index (κ2) is 7.72. The number of benzene rings is 1. The van der Waals surface area contributed by atoms with E-state index in [9.17, 15) is 9.90 Å². The summed E-state index contributed by atoms with van der Waals surface area (Å²) < 4.78 is 0. The van der Waals surface area contributed by atoms with Crippen molar-refractivity contribution in [2.45, 2.75) is 40.0 Å². The molecule has 0 unspecified atom stereocenters. The molecule has 0 saturated carbocycles. The monoisotopic (exact) mass is 385 g/mol.